The van der Waals surface area contributed by atoms with Gasteiger partial charge in [0.05, 0.1) is 0 Å². The molecule has 1 aromatic rings. The smallest absolute Gasteiger partial charge is 0.0331 e. The Kier molecular flexibility index (Phi) is 5.67. The Balaban J connectivity index is 1.98. The van der Waals surface area contributed by atoms with Crippen molar-refractivity contribution in [3.63, 3.8) is 0 Å². The summed E-state index contributed by atoms with van der Waals surface area (Å²) in [6.45, 7) is 5.26. The van der Waals surface area contributed by atoms with Gasteiger partial charge in [0.2, 0.25) is 0 Å². The van der Waals surface area contributed by atoms with Crippen molar-refractivity contribution in [2.45, 2.75) is 51.6 Å². The van der Waals surface area contributed by atoms with E-state index in [2.05, 4.69) is 29.3 Å². The van der Waals surface area contributed by atoms with Gasteiger partial charge < -0.3 is 5.73 Å². The van der Waals surface area contributed by atoms with Crippen molar-refractivity contribution >= 4 is 11.3 Å². The normalized spacial score (nSPS) is 19.3. The van der Waals surface area contributed by atoms with Crippen LogP contribution in [0, 0.1) is 5.92 Å². The number of nitrogens with two attached hydrogens (primary N) is 1. The zero-order valence-electron chi connectivity index (χ0n) is 11.5. The Morgan fingerprint density at radius 3 is 2.72 bits per heavy atom. The zero-order valence-corrected chi connectivity index (χ0v) is 12.3. The third kappa shape index (κ3) is 3.56. The number of likely N-dealkylation sites (N-methyl/N-ethyl adjacent to an activating group) is 1. The average molecular weight is 266 g/mol. The molecule has 1 heterocycles. The predicted octanol–water partition coefficient (Wildman–Crippen LogP) is 3.48. The summed E-state index contributed by atoms with van der Waals surface area (Å²) in [4.78, 5) is 4.05. The van der Waals surface area contributed by atoms with E-state index in [1.54, 1.807) is 0 Å². The first-order valence-electron chi connectivity index (χ1n) is 7.31. The van der Waals surface area contributed by atoms with Crippen LogP contribution in [0.2, 0.25) is 0 Å². The highest BCUT2D eigenvalue weighted by molar-refractivity contribution is 7.09. The average Bonchev–Trinajstić information content (AvgIpc) is 2.92. The molecule has 2 nitrogen and oxygen atoms in total. The number of thiophene rings is 1. The third-order valence-electron chi connectivity index (χ3n) is 4.25. The number of rotatable bonds is 6. The zero-order chi connectivity index (χ0) is 12.8. The van der Waals surface area contributed by atoms with Crippen LogP contribution in [-0.4, -0.2) is 24.0 Å². The Morgan fingerprint density at radius 1 is 1.39 bits per heavy atom. The van der Waals surface area contributed by atoms with Crippen molar-refractivity contribution in [1.29, 1.82) is 0 Å². The van der Waals surface area contributed by atoms with Crippen LogP contribution >= 0.6 is 11.3 Å². The van der Waals surface area contributed by atoms with Gasteiger partial charge in [0.25, 0.3) is 0 Å². The fraction of sp³-hybridized carbons (Fsp3) is 0.733. The molecule has 0 radical (unpaired) electrons. The number of hydrogen-bond acceptors (Lipinski definition) is 3. The van der Waals surface area contributed by atoms with Gasteiger partial charge in [0, 0.05) is 24.0 Å². The maximum absolute atomic E-state index is 6.07. The van der Waals surface area contributed by atoms with E-state index in [4.69, 9.17) is 5.73 Å². The number of nitrogens with zero attached hydrogens (tertiary/aromatic N) is 1. The SMILES string of the molecule is CCN(Cc1cccs1)C(CN)C1CCCCC1. The maximum atomic E-state index is 6.07. The Labute approximate surface area is 115 Å². The lowest BCUT2D eigenvalue weighted by Gasteiger charge is -2.37. The predicted molar refractivity (Wildman–Crippen MR) is 79.8 cm³/mol. The lowest BCUT2D eigenvalue weighted by molar-refractivity contribution is 0.121. The van der Waals surface area contributed by atoms with Crippen molar-refractivity contribution in [2.24, 2.45) is 11.7 Å². The van der Waals surface area contributed by atoms with E-state index < -0.39 is 0 Å². The second kappa shape index (κ2) is 7.27. The van der Waals surface area contributed by atoms with Crippen molar-refractivity contribution < 1.29 is 0 Å². The van der Waals surface area contributed by atoms with Crippen LogP contribution in [0.5, 0.6) is 0 Å². The van der Waals surface area contributed by atoms with Gasteiger partial charge in [-0.2, -0.15) is 0 Å². The summed E-state index contributed by atoms with van der Waals surface area (Å²) in [7, 11) is 0. The minimum Gasteiger partial charge on any atom is -0.329 e. The van der Waals surface area contributed by atoms with E-state index in [1.165, 1.54) is 37.0 Å². The van der Waals surface area contributed by atoms with Crippen LogP contribution < -0.4 is 5.73 Å². The highest BCUT2D eigenvalue weighted by Gasteiger charge is 2.27. The molecule has 0 amide bonds. The van der Waals surface area contributed by atoms with Crippen molar-refractivity contribution in [1.82, 2.24) is 4.90 Å². The summed E-state index contributed by atoms with van der Waals surface area (Å²) in [5.41, 5.74) is 6.07. The van der Waals surface area contributed by atoms with E-state index >= 15 is 0 Å². The first-order chi connectivity index (χ1) is 8.85. The second-order valence-electron chi connectivity index (χ2n) is 5.34. The molecule has 2 N–H and O–H groups in total. The Morgan fingerprint density at radius 2 is 2.17 bits per heavy atom. The molecule has 1 atom stereocenters. The van der Waals surface area contributed by atoms with Crippen molar-refractivity contribution in [3.05, 3.63) is 22.4 Å². The summed E-state index contributed by atoms with van der Waals surface area (Å²) in [5, 5.41) is 2.17. The van der Waals surface area contributed by atoms with Crippen molar-refractivity contribution in [2.75, 3.05) is 13.1 Å². The summed E-state index contributed by atoms with van der Waals surface area (Å²) in [6, 6.07) is 4.96. The molecule has 1 aliphatic carbocycles. The molecule has 1 aromatic heterocycles. The summed E-state index contributed by atoms with van der Waals surface area (Å²) in [6.07, 6.45) is 6.98. The topological polar surface area (TPSA) is 29.3 Å². The van der Waals surface area contributed by atoms with Gasteiger partial charge in [-0.3, -0.25) is 4.90 Å². The molecule has 2 rings (SSSR count). The molecule has 0 spiro atoms. The minimum atomic E-state index is 0.581. The van der Waals surface area contributed by atoms with Crippen LogP contribution in [-0.2, 0) is 6.54 Å². The molecular formula is C15H26N2S. The van der Waals surface area contributed by atoms with E-state index in [9.17, 15) is 0 Å². The molecule has 0 aromatic carbocycles. The van der Waals surface area contributed by atoms with Gasteiger partial charge in [-0.25, -0.2) is 0 Å². The fourth-order valence-corrected chi connectivity index (χ4v) is 3.95. The third-order valence-corrected chi connectivity index (χ3v) is 5.11. The summed E-state index contributed by atoms with van der Waals surface area (Å²) in [5.74, 6) is 0.823. The highest BCUT2D eigenvalue weighted by Crippen LogP contribution is 2.29. The van der Waals surface area contributed by atoms with Gasteiger partial charge in [0.1, 0.15) is 0 Å². The fourth-order valence-electron chi connectivity index (χ4n) is 3.22. The molecule has 1 unspecified atom stereocenters. The first kappa shape index (κ1) is 14.0. The molecule has 3 heteroatoms. The van der Waals surface area contributed by atoms with Crippen LogP contribution in [0.25, 0.3) is 0 Å². The molecule has 0 saturated heterocycles. The molecule has 1 fully saturated rings. The van der Waals surface area contributed by atoms with E-state index in [-0.39, 0.29) is 0 Å². The van der Waals surface area contributed by atoms with E-state index in [1.807, 2.05) is 11.3 Å². The van der Waals surface area contributed by atoms with Gasteiger partial charge in [0.15, 0.2) is 0 Å². The Hall–Kier alpha value is -0.380. The first-order valence-corrected chi connectivity index (χ1v) is 8.19. The molecule has 102 valence electrons. The molecule has 1 aliphatic rings. The lowest BCUT2D eigenvalue weighted by Crippen LogP contribution is -2.45. The van der Waals surface area contributed by atoms with E-state index in [0.717, 1.165) is 25.6 Å². The minimum absolute atomic E-state index is 0.581. The highest BCUT2D eigenvalue weighted by atomic mass is 32.1. The lowest BCUT2D eigenvalue weighted by atomic mass is 9.83. The molecule has 1 saturated carbocycles. The van der Waals surface area contributed by atoms with Gasteiger partial charge in [-0.05, 0) is 36.8 Å². The van der Waals surface area contributed by atoms with Crippen LogP contribution in [0.3, 0.4) is 0 Å². The van der Waals surface area contributed by atoms with Gasteiger partial charge in [-0.1, -0.05) is 32.3 Å². The quantitative estimate of drug-likeness (QED) is 0.854. The summed E-state index contributed by atoms with van der Waals surface area (Å²) >= 11 is 1.86. The Bertz CT molecular complexity index is 317. The number of hydrogen-bond donors (Lipinski definition) is 1. The van der Waals surface area contributed by atoms with Gasteiger partial charge >= 0.3 is 0 Å². The summed E-state index contributed by atoms with van der Waals surface area (Å²) < 4.78 is 0. The second-order valence-corrected chi connectivity index (χ2v) is 6.38. The van der Waals surface area contributed by atoms with Gasteiger partial charge in [-0.15, -0.1) is 11.3 Å². The molecule has 0 aliphatic heterocycles. The van der Waals surface area contributed by atoms with Crippen LogP contribution in [0.4, 0.5) is 0 Å². The standard InChI is InChI=1S/C15H26N2S/c1-2-17(12-14-9-6-10-18-14)15(11-16)13-7-4-3-5-8-13/h6,9-10,13,15H,2-5,7-8,11-12,16H2,1H3. The largest absolute Gasteiger partial charge is 0.329 e. The van der Waals surface area contributed by atoms with E-state index in [0.29, 0.717) is 6.04 Å². The maximum Gasteiger partial charge on any atom is 0.0331 e. The van der Waals surface area contributed by atoms with Crippen LogP contribution in [0.1, 0.15) is 43.9 Å². The monoisotopic (exact) mass is 266 g/mol. The molecule has 0 bridgehead atoms. The van der Waals surface area contributed by atoms with Crippen molar-refractivity contribution in [3.8, 4) is 0 Å². The molecular weight excluding hydrogens is 240 g/mol. The molecule has 18 heavy (non-hydrogen) atoms. The van der Waals surface area contributed by atoms with Crippen LogP contribution in [0.15, 0.2) is 17.5 Å².